The highest BCUT2D eigenvalue weighted by Gasteiger charge is 2.61. The van der Waals surface area contributed by atoms with Crippen molar-refractivity contribution in [3.05, 3.63) is 346 Å². The van der Waals surface area contributed by atoms with Gasteiger partial charge in [-0.05, 0) is 181 Å². The van der Waals surface area contributed by atoms with Gasteiger partial charge in [0.1, 0.15) is 0 Å². The lowest BCUT2D eigenvalue weighted by atomic mass is 9.61. The summed E-state index contributed by atoms with van der Waals surface area (Å²) in [5.74, 6) is 1.72. The van der Waals surface area contributed by atoms with E-state index in [9.17, 15) is 0 Å². The van der Waals surface area contributed by atoms with E-state index in [1.54, 1.807) is 5.56 Å². The standard InChI is InChI=1S/C31H25N.C25H21N.C15H18.C13H12.C2H6/c1-20-8-6-14-29-30(20)24-11-3-5-13-27(24)31(29)26-12-4-2-10-23(26)25-18-21(15-16-28(25)31)22-9-7-17-32-19-22;1-18-11-16-25-23(17-18)22-9-5-6-10-24(22)26(25)21-14-12-20(13-15-21)19-7-3-2-4-8-19;1-11-7-4-5-10-14(11)15-12(2)8-6-9-13(15)3;1-11-7-9-13(10-8-11)12-5-3-2-4-6-12;1-2/h2-19,23-24,26-27H,1H3;2-5,7-9,11-17H,6,10H2,1H3;5-6,8-10H,4,7H2,1-3H3;2-10H,1H3;1-2H3. The van der Waals surface area contributed by atoms with E-state index in [0.717, 1.165) is 12.8 Å². The lowest BCUT2D eigenvalue weighted by Gasteiger charge is -2.40. The summed E-state index contributed by atoms with van der Waals surface area (Å²) in [5.41, 5.74) is 30.2. The molecule has 0 amide bonds. The third-order valence-corrected chi connectivity index (χ3v) is 18.9. The molecule has 88 heavy (non-hydrogen) atoms. The predicted octanol–water partition coefficient (Wildman–Crippen LogP) is 22.7. The first-order chi connectivity index (χ1) is 43.2. The van der Waals surface area contributed by atoms with Crippen LogP contribution in [0.2, 0.25) is 0 Å². The van der Waals surface area contributed by atoms with Gasteiger partial charge in [0.05, 0.1) is 5.52 Å². The van der Waals surface area contributed by atoms with Crippen molar-refractivity contribution in [1.29, 1.82) is 0 Å². The topological polar surface area (TPSA) is 17.8 Å². The van der Waals surface area contributed by atoms with E-state index >= 15 is 0 Å². The van der Waals surface area contributed by atoms with Gasteiger partial charge >= 0.3 is 0 Å². The van der Waals surface area contributed by atoms with E-state index in [-0.39, 0.29) is 5.41 Å². The molecule has 8 aromatic carbocycles. The second kappa shape index (κ2) is 26.3. The maximum Gasteiger partial charge on any atom is 0.0537 e. The van der Waals surface area contributed by atoms with Gasteiger partial charge in [0.2, 0.25) is 0 Å². The molecule has 0 saturated heterocycles. The maximum atomic E-state index is 4.36. The van der Waals surface area contributed by atoms with Gasteiger partial charge in [-0.2, -0.15) is 0 Å². The zero-order valence-electron chi connectivity index (χ0n) is 52.6. The van der Waals surface area contributed by atoms with Crippen molar-refractivity contribution >= 4 is 22.6 Å². The SMILES string of the molecule is CC.CC1=C(c2c(C)cccc2C)C=CCC1.Cc1ccc(-c2ccccc2)cc1.Cc1ccc2c(c1)c1c(n2-c2ccc(-c3ccccc3)cc2)CCC=C1.Cc1cccc2c1C1C=CC=CC1C21c2ccc(-c3cccnc3)cc2C2C=CC=CC21. The largest absolute Gasteiger partial charge is 0.313 e. The van der Waals surface area contributed by atoms with Crippen molar-refractivity contribution in [3.8, 4) is 39.1 Å². The van der Waals surface area contributed by atoms with E-state index in [1.165, 1.54) is 135 Å². The number of aromatic nitrogens is 2. The fourth-order valence-corrected chi connectivity index (χ4v) is 14.9. The number of pyridine rings is 1. The molecule has 6 aliphatic rings. The molecule has 5 unspecified atom stereocenters. The van der Waals surface area contributed by atoms with Crippen molar-refractivity contribution in [3.63, 3.8) is 0 Å². The van der Waals surface area contributed by atoms with E-state index in [0.29, 0.717) is 23.7 Å². The number of fused-ring (bicyclic) bond motifs is 13. The van der Waals surface area contributed by atoms with Gasteiger partial charge in [-0.1, -0.05) is 267 Å². The summed E-state index contributed by atoms with van der Waals surface area (Å²) in [7, 11) is 0. The van der Waals surface area contributed by atoms with Crippen LogP contribution in [0.3, 0.4) is 0 Å². The average Bonchev–Trinajstić information content (AvgIpc) is 1.53. The number of benzene rings is 8. The van der Waals surface area contributed by atoms with Crippen LogP contribution in [0.5, 0.6) is 0 Å². The summed E-state index contributed by atoms with van der Waals surface area (Å²) in [4.78, 5) is 4.36. The Kier molecular flexibility index (Phi) is 17.6. The van der Waals surface area contributed by atoms with Crippen LogP contribution < -0.4 is 0 Å². The molecule has 2 aromatic heterocycles. The van der Waals surface area contributed by atoms with E-state index < -0.39 is 0 Å². The van der Waals surface area contributed by atoms with Gasteiger partial charge in [0, 0.05) is 63.8 Å². The minimum absolute atomic E-state index is 0.0258. The molecule has 2 nitrogen and oxygen atoms in total. The molecule has 0 bridgehead atoms. The first kappa shape index (κ1) is 59.0. The molecule has 2 heteroatoms. The van der Waals surface area contributed by atoms with E-state index in [1.807, 2.05) is 38.4 Å². The van der Waals surface area contributed by atoms with Gasteiger partial charge in [-0.15, -0.1) is 0 Å². The number of nitrogens with zero attached hydrogens (tertiary/aromatic N) is 2. The third kappa shape index (κ3) is 11.3. The van der Waals surface area contributed by atoms with Crippen LogP contribution in [0.4, 0.5) is 0 Å². The van der Waals surface area contributed by atoms with Gasteiger partial charge in [0.25, 0.3) is 0 Å². The minimum Gasteiger partial charge on any atom is -0.313 e. The molecule has 16 rings (SSSR count). The second-order valence-electron chi connectivity index (χ2n) is 24.3. The predicted molar refractivity (Wildman–Crippen MR) is 376 cm³/mol. The summed E-state index contributed by atoms with van der Waals surface area (Å²) in [6.07, 6.45) is 36.4. The van der Waals surface area contributed by atoms with Gasteiger partial charge in [-0.25, -0.2) is 0 Å². The van der Waals surface area contributed by atoms with Crippen molar-refractivity contribution in [2.75, 3.05) is 0 Å². The Morgan fingerprint density at radius 3 is 1.69 bits per heavy atom. The lowest BCUT2D eigenvalue weighted by molar-refractivity contribution is 0.312. The quantitative estimate of drug-likeness (QED) is 0.168. The van der Waals surface area contributed by atoms with Crippen LogP contribution >= 0.6 is 0 Å². The smallest absolute Gasteiger partial charge is 0.0537 e. The molecule has 6 aliphatic carbocycles. The Morgan fingerprint density at radius 1 is 0.455 bits per heavy atom. The molecule has 436 valence electrons. The second-order valence-corrected chi connectivity index (χ2v) is 24.3. The molecule has 0 saturated carbocycles. The monoisotopic (exact) mass is 1140 g/mol. The number of hydrogen-bond acceptors (Lipinski definition) is 1. The molecule has 10 aromatic rings. The van der Waals surface area contributed by atoms with Crippen LogP contribution in [0.25, 0.3) is 61.6 Å². The van der Waals surface area contributed by atoms with Gasteiger partial charge in [0.15, 0.2) is 0 Å². The lowest BCUT2D eigenvalue weighted by Crippen LogP contribution is -2.38. The van der Waals surface area contributed by atoms with E-state index in [4.69, 9.17) is 0 Å². The number of aryl methyl sites for hydroxylation is 5. The fourth-order valence-electron chi connectivity index (χ4n) is 14.9. The Hall–Kier alpha value is -9.37. The van der Waals surface area contributed by atoms with Crippen LogP contribution in [-0.2, 0) is 11.8 Å². The summed E-state index contributed by atoms with van der Waals surface area (Å²) >= 11 is 0. The molecule has 0 radical (unpaired) electrons. The van der Waals surface area contributed by atoms with E-state index in [2.05, 4.69) is 306 Å². The Morgan fingerprint density at radius 2 is 1.02 bits per heavy atom. The molecule has 0 fully saturated rings. The van der Waals surface area contributed by atoms with Crippen molar-refractivity contribution in [1.82, 2.24) is 9.55 Å². The third-order valence-electron chi connectivity index (χ3n) is 18.9. The van der Waals surface area contributed by atoms with Gasteiger partial charge in [-0.3, -0.25) is 4.98 Å². The number of allylic oxidation sites excluding steroid dienone is 13. The fraction of sp³-hybridized carbons (Fsp3) is 0.198. The van der Waals surface area contributed by atoms with Crippen molar-refractivity contribution in [2.45, 2.75) is 98.3 Å². The van der Waals surface area contributed by atoms with Crippen molar-refractivity contribution in [2.24, 2.45) is 11.8 Å². The normalized spacial score (nSPS) is 19.1. The van der Waals surface area contributed by atoms with Crippen molar-refractivity contribution < 1.29 is 0 Å². The minimum atomic E-state index is -0.0258. The molecule has 1 spiro atoms. The molecule has 0 N–H and O–H groups in total. The van der Waals surface area contributed by atoms with Crippen LogP contribution in [0.15, 0.2) is 279 Å². The highest BCUT2D eigenvalue weighted by atomic mass is 15.0. The Bertz CT molecular complexity index is 4310. The molecule has 5 atom stereocenters. The average molecular weight is 1140 g/mol. The number of hydrogen-bond donors (Lipinski definition) is 0. The zero-order chi connectivity index (χ0) is 60.7. The Balaban J connectivity index is 0.000000120. The highest BCUT2D eigenvalue weighted by Crippen LogP contribution is 2.68. The summed E-state index contributed by atoms with van der Waals surface area (Å²) in [5, 5.41) is 1.36. The summed E-state index contributed by atoms with van der Waals surface area (Å²) in [6.45, 7) is 17.2. The molecule has 2 heterocycles. The van der Waals surface area contributed by atoms with Gasteiger partial charge < -0.3 is 4.57 Å². The molecular weight excluding hydrogens is 1060 g/mol. The zero-order valence-corrected chi connectivity index (χ0v) is 52.6. The first-order valence-electron chi connectivity index (χ1n) is 32.0. The first-order valence-corrected chi connectivity index (χ1v) is 32.0. The summed E-state index contributed by atoms with van der Waals surface area (Å²) < 4.78 is 2.45. The van der Waals surface area contributed by atoms with Crippen LogP contribution in [0, 0.1) is 46.5 Å². The molecular formula is C86H82N2. The van der Waals surface area contributed by atoms with Crippen LogP contribution in [-0.4, -0.2) is 9.55 Å². The van der Waals surface area contributed by atoms with Crippen LogP contribution in [0.1, 0.15) is 119 Å². The maximum absolute atomic E-state index is 4.36. The summed E-state index contributed by atoms with van der Waals surface area (Å²) in [6, 6.07) is 70.2. The molecule has 0 aliphatic heterocycles. The highest BCUT2D eigenvalue weighted by molar-refractivity contribution is 5.94. The Labute approximate surface area is 524 Å². The number of rotatable bonds is 5.